The van der Waals surface area contributed by atoms with Crippen LogP contribution in [0.25, 0.3) is 0 Å². The fraction of sp³-hybridized carbons (Fsp3) is 0.312. The average Bonchev–Trinajstić information content (AvgIpc) is 3.25. The summed E-state index contributed by atoms with van der Waals surface area (Å²) in [6.45, 7) is 9.30. The minimum atomic E-state index is -4.43. The van der Waals surface area contributed by atoms with Gasteiger partial charge in [-0.2, -0.15) is 21.4 Å². The first kappa shape index (κ1) is 34.9. The lowest BCUT2D eigenvalue weighted by atomic mass is 9.81. The lowest BCUT2D eigenvalue weighted by molar-refractivity contribution is -0.416. The Morgan fingerprint density at radius 3 is 2.26 bits per heavy atom. The molecule has 0 atom stereocenters. The Kier molecular flexibility index (Phi) is 9.65. The first-order valence-electron chi connectivity index (χ1n) is 14.1. The summed E-state index contributed by atoms with van der Waals surface area (Å²) >= 11 is 0. The predicted octanol–water partition coefficient (Wildman–Crippen LogP) is 5.18. The smallest absolute Gasteiger partial charge is 0.335 e. The van der Waals surface area contributed by atoms with E-state index in [2.05, 4.69) is 4.89 Å². The number of benzene rings is 2. The molecular formula is C32H37N2O10S2+. The second kappa shape index (κ2) is 12.7. The van der Waals surface area contributed by atoms with Crippen molar-refractivity contribution in [2.75, 3.05) is 16.7 Å². The maximum Gasteiger partial charge on any atom is 0.335 e. The first-order chi connectivity index (χ1) is 21.3. The Morgan fingerprint density at radius 1 is 0.957 bits per heavy atom. The first-order valence-corrected chi connectivity index (χ1v) is 17.3. The molecule has 2 aromatic carbocycles. The fourth-order valence-electron chi connectivity index (χ4n) is 5.94. The number of hydrogen-bond acceptors (Lipinski definition) is 8. The molecule has 0 radical (unpaired) electrons. The molecule has 2 aliphatic heterocycles. The van der Waals surface area contributed by atoms with Crippen molar-refractivity contribution < 1.29 is 50.6 Å². The van der Waals surface area contributed by atoms with E-state index in [1.54, 1.807) is 48.6 Å². The number of hydrogen-bond donors (Lipinski definition) is 4. The molecule has 0 saturated heterocycles. The molecule has 0 spiro atoms. The lowest BCUT2D eigenvalue weighted by Gasteiger charge is -2.25. The molecule has 0 bridgehead atoms. The van der Waals surface area contributed by atoms with Gasteiger partial charge in [-0.15, -0.1) is 0 Å². The molecule has 0 aliphatic carbocycles. The van der Waals surface area contributed by atoms with Crippen LogP contribution < -0.4 is 4.90 Å². The monoisotopic (exact) mass is 673 g/mol. The molecule has 246 valence electrons. The Morgan fingerprint density at radius 2 is 1.65 bits per heavy atom. The highest BCUT2D eigenvalue weighted by Crippen LogP contribution is 2.48. The standard InChI is InChI=1S/C32H36N2O10S2/c1-21(8-6-10-28-31(2,3)24-16-22(18-44-37)12-14-26(24)33(28)19-45(38,39)40)9-7-11-29-32(4,5)25-17-23(30(35)36)13-15-27(25)34(29)20-46(41,42)43/h6-17H,18-20H2,1-5H3,(H3-,35,36,37,38,39,40,41,42,43)/p+1. The SMILES string of the molecule is CC(/C=C/C=C1/N(CS(=O)(=O)O)c2ccc(COO)cc2C1(C)C)=C\C=C\C1=[N+](CS(=O)(=O)O)c2ccc(C(=O)O)cc2C1(C)C. The van der Waals surface area contributed by atoms with Gasteiger partial charge in [-0.3, -0.25) is 14.4 Å². The Balaban J connectivity index is 1.66. The van der Waals surface area contributed by atoms with E-state index in [-0.39, 0.29) is 12.2 Å². The molecule has 2 aliphatic rings. The Hall–Kier alpha value is -3.92. The highest BCUT2D eigenvalue weighted by Gasteiger charge is 2.46. The van der Waals surface area contributed by atoms with Crippen LogP contribution in [0.15, 0.2) is 84.1 Å². The van der Waals surface area contributed by atoms with E-state index in [1.165, 1.54) is 27.7 Å². The van der Waals surface area contributed by atoms with Crippen LogP contribution in [0, 0.1) is 0 Å². The molecule has 46 heavy (non-hydrogen) atoms. The summed E-state index contributed by atoms with van der Waals surface area (Å²) < 4.78 is 68.4. The van der Waals surface area contributed by atoms with Crippen molar-refractivity contribution in [3.63, 3.8) is 0 Å². The lowest BCUT2D eigenvalue weighted by Crippen LogP contribution is -2.30. The van der Waals surface area contributed by atoms with Gasteiger partial charge in [-0.25, -0.2) is 9.68 Å². The molecule has 4 rings (SSSR count). The number of allylic oxidation sites excluding steroid dienone is 8. The minimum Gasteiger partial charge on any atom is -0.478 e. The van der Waals surface area contributed by atoms with Crippen molar-refractivity contribution in [1.82, 2.24) is 0 Å². The van der Waals surface area contributed by atoms with E-state index in [1.807, 2.05) is 40.7 Å². The van der Waals surface area contributed by atoms with E-state index in [0.29, 0.717) is 33.9 Å². The van der Waals surface area contributed by atoms with Crippen LogP contribution in [-0.2, 0) is 42.6 Å². The van der Waals surface area contributed by atoms with Crippen molar-refractivity contribution in [2.45, 2.75) is 52.1 Å². The third kappa shape index (κ3) is 7.38. The average molecular weight is 674 g/mol. The number of carbonyl (C=O) groups is 1. The van der Waals surface area contributed by atoms with Crippen LogP contribution in [0.4, 0.5) is 11.4 Å². The molecule has 14 heteroatoms. The van der Waals surface area contributed by atoms with Gasteiger partial charge in [0.2, 0.25) is 5.69 Å². The Bertz CT molecular complexity index is 1950. The summed E-state index contributed by atoms with van der Waals surface area (Å²) in [5.41, 5.74) is 3.71. The molecule has 0 saturated carbocycles. The molecular weight excluding hydrogens is 636 g/mol. The number of carboxylic acids is 1. The van der Waals surface area contributed by atoms with Gasteiger partial charge < -0.3 is 10.0 Å². The van der Waals surface area contributed by atoms with Crippen LogP contribution in [0.5, 0.6) is 0 Å². The third-order valence-corrected chi connectivity index (χ3v) is 9.31. The molecule has 0 amide bonds. The van der Waals surface area contributed by atoms with E-state index in [0.717, 1.165) is 11.1 Å². The highest BCUT2D eigenvalue weighted by molar-refractivity contribution is 7.86. The van der Waals surface area contributed by atoms with Crippen LogP contribution in [0.2, 0.25) is 0 Å². The highest BCUT2D eigenvalue weighted by atomic mass is 32.2. The summed E-state index contributed by atoms with van der Waals surface area (Å²) in [7, 11) is -8.81. The maximum absolute atomic E-state index is 11.9. The van der Waals surface area contributed by atoms with Crippen molar-refractivity contribution in [3.8, 4) is 0 Å². The second-order valence-electron chi connectivity index (χ2n) is 12.3. The molecule has 0 aromatic heterocycles. The van der Waals surface area contributed by atoms with Crippen molar-refractivity contribution in [3.05, 3.63) is 106 Å². The van der Waals surface area contributed by atoms with E-state index in [4.69, 9.17) is 5.26 Å². The van der Waals surface area contributed by atoms with Crippen LogP contribution >= 0.6 is 0 Å². The number of anilines is 1. The zero-order valence-electron chi connectivity index (χ0n) is 26.0. The summed E-state index contributed by atoms with van der Waals surface area (Å²) in [6, 6.07) is 9.64. The van der Waals surface area contributed by atoms with Crippen LogP contribution in [0.3, 0.4) is 0 Å². The number of nitrogens with zero attached hydrogens (tertiary/aromatic N) is 2. The molecule has 2 heterocycles. The third-order valence-electron chi connectivity index (χ3n) is 8.14. The number of carboxylic acid groups (broad SMARTS) is 1. The van der Waals surface area contributed by atoms with Gasteiger partial charge in [0.15, 0.2) is 11.6 Å². The maximum atomic E-state index is 11.9. The van der Waals surface area contributed by atoms with Gasteiger partial charge in [0.1, 0.15) is 6.61 Å². The van der Waals surface area contributed by atoms with Crippen molar-refractivity contribution in [2.24, 2.45) is 0 Å². The zero-order chi connectivity index (χ0) is 34.2. The molecule has 0 unspecified atom stereocenters. The molecule has 12 nitrogen and oxygen atoms in total. The minimum absolute atomic E-state index is 0.0442. The summed E-state index contributed by atoms with van der Waals surface area (Å²) in [5.74, 6) is -2.48. The number of rotatable bonds is 11. The molecule has 0 fully saturated rings. The summed E-state index contributed by atoms with van der Waals surface area (Å²) in [5, 5.41) is 18.4. The Labute approximate surface area is 268 Å². The van der Waals surface area contributed by atoms with Gasteiger partial charge in [-0.05, 0) is 56.2 Å². The quantitative estimate of drug-likeness (QED) is 0.0811. The van der Waals surface area contributed by atoms with Gasteiger partial charge in [0.05, 0.1) is 11.0 Å². The zero-order valence-corrected chi connectivity index (χ0v) is 27.6. The number of aromatic carboxylic acids is 1. The van der Waals surface area contributed by atoms with Crippen molar-refractivity contribution in [1.29, 1.82) is 0 Å². The van der Waals surface area contributed by atoms with Crippen LogP contribution in [0.1, 0.15) is 61.7 Å². The molecule has 4 N–H and O–H groups in total. The predicted molar refractivity (Wildman–Crippen MR) is 174 cm³/mol. The molecule has 2 aromatic rings. The van der Waals surface area contributed by atoms with E-state index >= 15 is 0 Å². The normalized spacial score (nSPS) is 18.7. The van der Waals surface area contributed by atoms with Gasteiger partial charge >= 0.3 is 16.1 Å². The second-order valence-corrected chi connectivity index (χ2v) is 15.1. The largest absolute Gasteiger partial charge is 0.478 e. The van der Waals surface area contributed by atoms with Crippen LogP contribution in [-0.4, -0.2) is 64.3 Å². The van der Waals surface area contributed by atoms with Gasteiger partial charge in [-0.1, -0.05) is 55.9 Å². The number of fused-ring (bicyclic) bond motifs is 2. The summed E-state index contributed by atoms with van der Waals surface area (Å²) in [6.07, 6.45) is 10.5. The topological polar surface area (TPSA) is 182 Å². The summed E-state index contributed by atoms with van der Waals surface area (Å²) in [4.78, 5) is 17.4. The van der Waals surface area contributed by atoms with E-state index in [9.17, 15) is 35.8 Å². The van der Waals surface area contributed by atoms with E-state index < -0.39 is 48.8 Å². The van der Waals surface area contributed by atoms with Gasteiger partial charge in [0.25, 0.3) is 16.0 Å². The fourth-order valence-corrected chi connectivity index (χ4v) is 7.15. The van der Waals surface area contributed by atoms with Crippen molar-refractivity contribution >= 4 is 43.3 Å². The van der Waals surface area contributed by atoms with Gasteiger partial charge in [0, 0.05) is 34.5 Å².